The molecular weight excluding hydrogens is 657 g/mol. The highest BCUT2D eigenvalue weighted by Gasteiger charge is 2.50. The van der Waals surface area contributed by atoms with Gasteiger partial charge in [0.25, 0.3) is 0 Å². The second-order valence-corrected chi connectivity index (χ2v) is 18.9. The van der Waals surface area contributed by atoms with Gasteiger partial charge in [-0.2, -0.15) is 0 Å². The lowest BCUT2D eigenvalue weighted by Crippen LogP contribution is -2.76. The number of rotatable bonds is 3. The maximum absolute atomic E-state index is 7.14. The Bertz CT molecular complexity index is 2870. The first-order chi connectivity index (χ1) is 26.0. The summed E-state index contributed by atoms with van der Waals surface area (Å²) >= 11 is 0. The van der Waals surface area contributed by atoms with Crippen molar-refractivity contribution in [2.45, 2.75) is 19.3 Å². The standard InChI is InChI=1S/C51H36OSi/c1-51(2)44-29-30-48-50(52-46-23-13-14-24-47(46)53(48,35-15-5-3-6-16-35)36-17-7-4-8-18-36)49(44)42-28-26-34(32-45(42)51)33-25-27-41-39-21-10-9-19-37(39)38-20-11-12-22-40(38)43(41)31-33/h3-32H,1-2H3. The lowest BCUT2D eigenvalue weighted by atomic mass is 9.81. The zero-order valence-electron chi connectivity index (χ0n) is 29.7. The van der Waals surface area contributed by atoms with E-state index in [2.05, 4.69) is 196 Å². The average molecular weight is 693 g/mol. The Labute approximate surface area is 310 Å². The fraction of sp³-hybridized carbons (Fsp3) is 0.0588. The Hall–Kier alpha value is -6.22. The summed E-state index contributed by atoms with van der Waals surface area (Å²) in [4.78, 5) is 0. The third-order valence-electron chi connectivity index (χ3n) is 12.2. The molecule has 9 aromatic carbocycles. The first-order valence-electron chi connectivity index (χ1n) is 18.6. The van der Waals surface area contributed by atoms with Gasteiger partial charge in [-0.05, 0) is 99.1 Å². The molecule has 1 heterocycles. The Kier molecular flexibility index (Phi) is 6.39. The molecule has 2 aliphatic rings. The summed E-state index contributed by atoms with van der Waals surface area (Å²) in [6, 6.07) is 67.7. The zero-order chi connectivity index (χ0) is 35.3. The number of hydrogen-bond acceptors (Lipinski definition) is 1. The van der Waals surface area contributed by atoms with Crippen LogP contribution in [0.15, 0.2) is 182 Å². The largest absolute Gasteiger partial charge is 0.457 e. The van der Waals surface area contributed by atoms with E-state index in [9.17, 15) is 0 Å². The highest BCUT2D eigenvalue weighted by atomic mass is 28.3. The average Bonchev–Trinajstić information content (AvgIpc) is 3.46. The predicted molar refractivity (Wildman–Crippen MR) is 226 cm³/mol. The van der Waals surface area contributed by atoms with Crippen molar-refractivity contribution in [2.24, 2.45) is 0 Å². The topological polar surface area (TPSA) is 9.23 Å². The summed E-state index contributed by atoms with van der Waals surface area (Å²) in [5, 5.41) is 13.1. The molecule has 0 atom stereocenters. The Balaban J connectivity index is 1.14. The van der Waals surface area contributed by atoms with Crippen molar-refractivity contribution in [3.63, 3.8) is 0 Å². The van der Waals surface area contributed by atoms with Crippen molar-refractivity contribution in [2.75, 3.05) is 0 Å². The van der Waals surface area contributed by atoms with Gasteiger partial charge < -0.3 is 4.74 Å². The van der Waals surface area contributed by atoms with Crippen molar-refractivity contribution in [3.05, 3.63) is 193 Å². The molecule has 0 saturated heterocycles. The van der Waals surface area contributed by atoms with Gasteiger partial charge in [-0.25, -0.2) is 0 Å². The summed E-state index contributed by atoms with van der Waals surface area (Å²) in [5.74, 6) is 1.98. The fourth-order valence-electron chi connectivity index (χ4n) is 9.75. The monoisotopic (exact) mass is 692 g/mol. The molecule has 53 heavy (non-hydrogen) atoms. The number of ether oxygens (including phenoxy) is 1. The van der Waals surface area contributed by atoms with Crippen LogP contribution < -0.4 is 25.5 Å². The fourth-order valence-corrected chi connectivity index (χ4v) is 14.7. The lowest BCUT2D eigenvalue weighted by molar-refractivity contribution is 0.488. The van der Waals surface area contributed by atoms with Crippen LogP contribution in [0.2, 0.25) is 0 Å². The van der Waals surface area contributed by atoms with Gasteiger partial charge in [0, 0.05) is 11.0 Å². The molecule has 0 aromatic heterocycles. The summed E-state index contributed by atoms with van der Waals surface area (Å²) in [5.41, 5.74) is 7.44. The summed E-state index contributed by atoms with van der Waals surface area (Å²) in [6.45, 7) is 4.76. The number of para-hydroxylation sites is 1. The molecule has 11 rings (SSSR count). The molecule has 0 radical (unpaired) electrons. The lowest BCUT2D eigenvalue weighted by Gasteiger charge is -2.40. The molecule has 1 aliphatic carbocycles. The normalized spacial score (nSPS) is 14.7. The highest BCUT2D eigenvalue weighted by Crippen LogP contribution is 2.54. The summed E-state index contributed by atoms with van der Waals surface area (Å²) < 4.78 is 7.14. The SMILES string of the molecule is CC1(C)c2cc(-c3ccc4c5ccccc5c5ccccc5c4c3)ccc2-c2c1ccc1c2Oc2ccccc2[Si]1(c1ccccc1)c1ccccc1. The van der Waals surface area contributed by atoms with Crippen molar-refractivity contribution in [3.8, 4) is 33.8 Å². The minimum atomic E-state index is -2.74. The maximum atomic E-state index is 7.14. The van der Waals surface area contributed by atoms with Crippen molar-refractivity contribution in [1.82, 2.24) is 0 Å². The number of fused-ring (bicyclic) bond motifs is 12. The summed E-state index contributed by atoms with van der Waals surface area (Å²) in [6.07, 6.45) is 0. The van der Waals surface area contributed by atoms with Crippen molar-refractivity contribution < 1.29 is 4.74 Å². The van der Waals surface area contributed by atoms with Crippen molar-refractivity contribution >= 4 is 61.1 Å². The van der Waals surface area contributed by atoms with Crippen LogP contribution in [0.3, 0.4) is 0 Å². The van der Waals surface area contributed by atoms with E-state index in [1.807, 2.05) is 0 Å². The maximum Gasteiger partial charge on any atom is 0.188 e. The van der Waals surface area contributed by atoms with E-state index < -0.39 is 8.07 Å². The van der Waals surface area contributed by atoms with Gasteiger partial charge in [-0.15, -0.1) is 0 Å². The van der Waals surface area contributed by atoms with E-state index in [1.165, 1.54) is 86.4 Å². The Morgan fingerprint density at radius 2 is 0.943 bits per heavy atom. The van der Waals surface area contributed by atoms with Gasteiger partial charge in [0.15, 0.2) is 8.07 Å². The Morgan fingerprint density at radius 1 is 0.415 bits per heavy atom. The zero-order valence-corrected chi connectivity index (χ0v) is 30.7. The smallest absolute Gasteiger partial charge is 0.188 e. The molecule has 0 unspecified atom stereocenters. The number of hydrogen-bond donors (Lipinski definition) is 0. The van der Waals surface area contributed by atoms with Crippen LogP contribution in [0, 0.1) is 0 Å². The van der Waals surface area contributed by atoms with Crippen LogP contribution in [0.4, 0.5) is 0 Å². The molecule has 0 spiro atoms. The van der Waals surface area contributed by atoms with E-state index in [4.69, 9.17) is 4.74 Å². The van der Waals surface area contributed by atoms with E-state index in [0.717, 1.165) is 11.5 Å². The molecule has 250 valence electrons. The van der Waals surface area contributed by atoms with Crippen LogP contribution >= 0.6 is 0 Å². The van der Waals surface area contributed by atoms with E-state index in [0.29, 0.717) is 0 Å². The van der Waals surface area contributed by atoms with Gasteiger partial charge in [0.2, 0.25) is 0 Å². The van der Waals surface area contributed by atoms with Crippen molar-refractivity contribution in [1.29, 1.82) is 0 Å². The molecule has 0 saturated carbocycles. The van der Waals surface area contributed by atoms with Crippen LogP contribution in [0.5, 0.6) is 11.5 Å². The number of benzene rings is 9. The molecule has 0 bridgehead atoms. The predicted octanol–water partition coefficient (Wildman–Crippen LogP) is 10.6. The highest BCUT2D eigenvalue weighted by molar-refractivity contribution is 7.20. The van der Waals surface area contributed by atoms with E-state index >= 15 is 0 Å². The van der Waals surface area contributed by atoms with E-state index in [1.54, 1.807) is 0 Å². The molecular formula is C51H36OSi. The molecule has 2 heteroatoms. The van der Waals surface area contributed by atoms with Gasteiger partial charge in [-0.1, -0.05) is 178 Å². The second kappa shape index (κ2) is 11.1. The van der Waals surface area contributed by atoms with Crippen LogP contribution in [-0.4, -0.2) is 8.07 Å². The summed E-state index contributed by atoms with van der Waals surface area (Å²) in [7, 11) is -2.74. The third kappa shape index (κ3) is 4.13. The second-order valence-electron chi connectivity index (χ2n) is 15.2. The molecule has 0 N–H and O–H groups in total. The van der Waals surface area contributed by atoms with Crippen LogP contribution in [0.25, 0.3) is 54.6 Å². The van der Waals surface area contributed by atoms with Gasteiger partial charge in [0.05, 0.1) is 0 Å². The van der Waals surface area contributed by atoms with Gasteiger partial charge in [-0.3, -0.25) is 0 Å². The molecule has 0 amide bonds. The van der Waals surface area contributed by atoms with Gasteiger partial charge in [0.1, 0.15) is 11.5 Å². The third-order valence-corrected chi connectivity index (χ3v) is 17.0. The van der Waals surface area contributed by atoms with Crippen LogP contribution in [-0.2, 0) is 5.41 Å². The molecule has 0 fully saturated rings. The first kappa shape index (κ1) is 30.4. The minimum Gasteiger partial charge on any atom is -0.457 e. The molecule has 1 aliphatic heterocycles. The Morgan fingerprint density at radius 3 is 1.60 bits per heavy atom. The quantitative estimate of drug-likeness (QED) is 0.132. The van der Waals surface area contributed by atoms with Crippen LogP contribution in [0.1, 0.15) is 25.0 Å². The van der Waals surface area contributed by atoms with Gasteiger partial charge >= 0.3 is 0 Å². The van der Waals surface area contributed by atoms with E-state index in [-0.39, 0.29) is 5.41 Å². The molecule has 9 aromatic rings. The minimum absolute atomic E-state index is 0.209. The molecule has 1 nitrogen and oxygen atoms in total. The first-order valence-corrected chi connectivity index (χ1v) is 20.6.